The minimum Gasteiger partial charge on any atom is -0.507 e. The lowest BCUT2D eigenvalue weighted by Gasteiger charge is -2.26. The topological polar surface area (TPSA) is 81.1 Å². The second-order valence-corrected chi connectivity index (χ2v) is 8.38. The Morgan fingerprint density at radius 3 is 2.42 bits per heavy atom. The number of halogens is 1. The molecule has 1 saturated heterocycles. The molecule has 0 spiro atoms. The molecule has 6 nitrogen and oxygen atoms in total. The highest BCUT2D eigenvalue weighted by molar-refractivity contribution is 6.46. The maximum Gasteiger partial charge on any atom is 0.295 e. The van der Waals surface area contributed by atoms with Crippen LogP contribution >= 0.6 is 0 Å². The molecule has 1 unspecified atom stereocenters. The highest BCUT2D eigenvalue weighted by atomic mass is 19.1. The van der Waals surface area contributed by atoms with Gasteiger partial charge in [-0.15, -0.1) is 0 Å². The number of phenols is 1. The standard InChI is InChI=1S/C26H25FN2O4/c1-28(2)14-5-15-29-22(17-8-11-18(27)12-9-17)21(25(32)26(29)33)24(31)20-13-10-16-6-3-4-7-19(16)23(20)30/h3-4,6-13,22,30-31H,5,14-15H2,1-2H3. The SMILES string of the molecule is CN(C)CCCN1C(=O)C(=O)C(=C(O)c2ccc3ccccc3c2O)C1c1ccc(F)cc1. The third-order valence-corrected chi connectivity index (χ3v) is 5.89. The summed E-state index contributed by atoms with van der Waals surface area (Å²) in [4.78, 5) is 29.4. The van der Waals surface area contributed by atoms with Gasteiger partial charge in [0.2, 0.25) is 0 Å². The Bertz CT molecular complexity index is 1250. The van der Waals surface area contributed by atoms with Crippen molar-refractivity contribution in [3.63, 3.8) is 0 Å². The maximum absolute atomic E-state index is 13.6. The number of Topliss-reactive ketones (excluding diaryl/α,β-unsaturated/α-hetero) is 1. The van der Waals surface area contributed by atoms with Crippen LogP contribution < -0.4 is 0 Å². The van der Waals surface area contributed by atoms with E-state index >= 15 is 0 Å². The Morgan fingerprint density at radius 1 is 1.03 bits per heavy atom. The van der Waals surface area contributed by atoms with Crippen LogP contribution in [0.5, 0.6) is 5.75 Å². The summed E-state index contributed by atoms with van der Waals surface area (Å²) in [6, 6.07) is 15.0. The van der Waals surface area contributed by atoms with Crippen molar-refractivity contribution in [2.24, 2.45) is 0 Å². The van der Waals surface area contributed by atoms with E-state index in [1.165, 1.54) is 35.2 Å². The van der Waals surface area contributed by atoms with Gasteiger partial charge in [-0.3, -0.25) is 9.59 Å². The van der Waals surface area contributed by atoms with Crippen molar-refractivity contribution in [3.8, 4) is 5.75 Å². The quantitative estimate of drug-likeness (QED) is 0.338. The zero-order valence-corrected chi connectivity index (χ0v) is 18.5. The van der Waals surface area contributed by atoms with Crippen molar-refractivity contribution in [1.29, 1.82) is 0 Å². The summed E-state index contributed by atoms with van der Waals surface area (Å²) in [5.74, 6) is -2.65. The van der Waals surface area contributed by atoms with Gasteiger partial charge < -0.3 is 20.0 Å². The van der Waals surface area contributed by atoms with E-state index in [2.05, 4.69) is 0 Å². The van der Waals surface area contributed by atoms with Crippen LogP contribution in [0.4, 0.5) is 4.39 Å². The molecular formula is C26H25FN2O4. The average Bonchev–Trinajstić information content (AvgIpc) is 3.04. The van der Waals surface area contributed by atoms with Crippen molar-refractivity contribution in [1.82, 2.24) is 9.80 Å². The maximum atomic E-state index is 13.6. The van der Waals surface area contributed by atoms with Crippen LogP contribution in [-0.4, -0.2) is 58.9 Å². The second-order valence-electron chi connectivity index (χ2n) is 8.38. The van der Waals surface area contributed by atoms with E-state index in [0.717, 1.165) is 5.39 Å². The Morgan fingerprint density at radius 2 is 1.73 bits per heavy atom. The number of carbonyl (C=O) groups excluding carboxylic acids is 2. The molecule has 3 aromatic rings. The number of carbonyl (C=O) groups is 2. The van der Waals surface area contributed by atoms with E-state index in [4.69, 9.17) is 0 Å². The number of benzene rings is 3. The van der Waals surface area contributed by atoms with Crippen LogP contribution in [-0.2, 0) is 9.59 Å². The summed E-state index contributed by atoms with van der Waals surface area (Å²) in [6.07, 6.45) is 0.610. The number of hydrogen-bond acceptors (Lipinski definition) is 5. The first-order chi connectivity index (χ1) is 15.8. The third-order valence-electron chi connectivity index (χ3n) is 5.89. The van der Waals surface area contributed by atoms with E-state index < -0.39 is 29.3 Å². The molecule has 3 aromatic carbocycles. The predicted molar refractivity (Wildman–Crippen MR) is 124 cm³/mol. The lowest BCUT2D eigenvalue weighted by atomic mass is 9.94. The van der Waals surface area contributed by atoms with E-state index in [-0.39, 0.29) is 23.4 Å². The molecule has 0 aliphatic carbocycles. The van der Waals surface area contributed by atoms with Gasteiger partial charge in [-0.2, -0.15) is 0 Å². The van der Waals surface area contributed by atoms with Crippen LogP contribution in [0.2, 0.25) is 0 Å². The first-order valence-corrected chi connectivity index (χ1v) is 10.7. The molecule has 4 rings (SSSR count). The number of fused-ring (bicyclic) bond motifs is 1. The molecule has 170 valence electrons. The molecule has 7 heteroatoms. The molecular weight excluding hydrogens is 423 g/mol. The number of aliphatic hydroxyl groups excluding tert-OH is 1. The molecule has 1 atom stereocenters. The van der Waals surface area contributed by atoms with Gasteiger partial charge in [0, 0.05) is 11.9 Å². The molecule has 33 heavy (non-hydrogen) atoms. The highest BCUT2D eigenvalue weighted by Crippen LogP contribution is 2.42. The lowest BCUT2D eigenvalue weighted by Crippen LogP contribution is -2.32. The molecule has 0 saturated carbocycles. The van der Waals surface area contributed by atoms with Gasteiger partial charge in [-0.05, 0) is 56.2 Å². The fraction of sp³-hybridized carbons (Fsp3) is 0.231. The first-order valence-electron chi connectivity index (χ1n) is 10.7. The number of hydrogen-bond donors (Lipinski definition) is 2. The molecule has 1 amide bonds. The van der Waals surface area contributed by atoms with Gasteiger partial charge in [0.25, 0.3) is 11.7 Å². The fourth-order valence-electron chi connectivity index (χ4n) is 4.25. The molecule has 0 radical (unpaired) electrons. The van der Waals surface area contributed by atoms with E-state index in [9.17, 15) is 24.2 Å². The summed E-state index contributed by atoms with van der Waals surface area (Å²) in [7, 11) is 3.82. The number of aliphatic hydroxyl groups is 1. The summed E-state index contributed by atoms with van der Waals surface area (Å²) in [6.45, 7) is 0.982. The average molecular weight is 448 g/mol. The second kappa shape index (κ2) is 9.03. The largest absolute Gasteiger partial charge is 0.507 e. The zero-order valence-electron chi connectivity index (χ0n) is 18.5. The van der Waals surface area contributed by atoms with Gasteiger partial charge in [-0.25, -0.2) is 4.39 Å². The van der Waals surface area contributed by atoms with Gasteiger partial charge in [0.1, 0.15) is 17.3 Å². The number of ketones is 1. The monoisotopic (exact) mass is 448 g/mol. The van der Waals surface area contributed by atoms with Gasteiger partial charge >= 0.3 is 0 Å². The Labute approximate surface area is 191 Å². The molecule has 0 aromatic heterocycles. The molecule has 1 aliphatic rings. The highest BCUT2D eigenvalue weighted by Gasteiger charge is 2.46. The third kappa shape index (κ3) is 4.19. The summed E-state index contributed by atoms with van der Waals surface area (Å²) < 4.78 is 13.6. The number of phenolic OH excluding ortho intramolecular Hbond substituents is 1. The number of amides is 1. The van der Waals surface area contributed by atoms with Crippen LogP contribution in [0.1, 0.15) is 23.6 Å². The smallest absolute Gasteiger partial charge is 0.295 e. The van der Waals surface area contributed by atoms with Crippen LogP contribution in [0.3, 0.4) is 0 Å². The van der Waals surface area contributed by atoms with Crippen LogP contribution in [0, 0.1) is 5.82 Å². The van der Waals surface area contributed by atoms with Crippen LogP contribution in [0.25, 0.3) is 16.5 Å². The summed E-state index contributed by atoms with van der Waals surface area (Å²) in [5, 5.41) is 23.3. The summed E-state index contributed by atoms with van der Waals surface area (Å²) in [5.41, 5.74) is 0.441. The van der Waals surface area contributed by atoms with Crippen molar-refractivity contribution < 1.29 is 24.2 Å². The van der Waals surface area contributed by atoms with Crippen molar-refractivity contribution in [2.45, 2.75) is 12.5 Å². The van der Waals surface area contributed by atoms with Gasteiger partial charge in [0.05, 0.1) is 17.2 Å². The normalized spacial score (nSPS) is 17.9. The van der Waals surface area contributed by atoms with Crippen LogP contribution in [0.15, 0.2) is 66.2 Å². The van der Waals surface area contributed by atoms with E-state index in [1.807, 2.05) is 31.1 Å². The molecule has 1 heterocycles. The number of nitrogens with zero attached hydrogens (tertiary/aromatic N) is 2. The van der Waals surface area contributed by atoms with E-state index in [0.29, 0.717) is 23.9 Å². The van der Waals surface area contributed by atoms with E-state index in [1.54, 1.807) is 18.2 Å². The minimum absolute atomic E-state index is 0.0621. The minimum atomic E-state index is -0.890. The summed E-state index contributed by atoms with van der Waals surface area (Å²) >= 11 is 0. The predicted octanol–water partition coefficient (Wildman–Crippen LogP) is 4.06. The van der Waals surface area contributed by atoms with Crippen molar-refractivity contribution >= 4 is 28.2 Å². The Balaban J connectivity index is 1.86. The Kier molecular flexibility index (Phi) is 6.16. The number of likely N-dealkylation sites (tertiary alicyclic amines) is 1. The zero-order chi connectivity index (χ0) is 23.7. The van der Waals surface area contributed by atoms with Gasteiger partial charge in [-0.1, -0.05) is 42.5 Å². The Hall–Kier alpha value is -3.71. The lowest BCUT2D eigenvalue weighted by molar-refractivity contribution is -0.139. The molecule has 0 bridgehead atoms. The fourth-order valence-corrected chi connectivity index (χ4v) is 4.25. The molecule has 1 aliphatic heterocycles. The number of rotatable bonds is 6. The van der Waals surface area contributed by atoms with Crippen molar-refractivity contribution in [3.05, 3.63) is 83.2 Å². The molecule has 1 fully saturated rings. The molecule has 2 N–H and O–H groups in total. The first kappa shape index (κ1) is 22.5. The van der Waals surface area contributed by atoms with Gasteiger partial charge in [0.15, 0.2) is 0 Å². The number of aromatic hydroxyl groups is 1. The van der Waals surface area contributed by atoms with Crippen molar-refractivity contribution in [2.75, 3.05) is 27.2 Å².